The summed E-state index contributed by atoms with van der Waals surface area (Å²) in [6.45, 7) is 0.366. The minimum Gasteiger partial charge on any atom is -0.352 e. The summed E-state index contributed by atoms with van der Waals surface area (Å²) in [6.07, 6.45) is 1.61. The van der Waals surface area contributed by atoms with Gasteiger partial charge in [0.05, 0.1) is 5.56 Å². The van der Waals surface area contributed by atoms with Crippen LogP contribution in [0.4, 0.5) is 13.2 Å². The first-order valence-electron chi connectivity index (χ1n) is 5.66. The molecule has 0 unspecified atom stereocenters. The van der Waals surface area contributed by atoms with Gasteiger partial charge >= 0.3 is 0 Å². The monoisotopic (exact) mass is 258 g/mol. The average Bonchev–Trinajstić information content (AvgIpc) is 2.30. The van der Waals surface area contributed by atoms with Gasteiger partial charge in [0, 0.05) is 12.6 Å². The zero-order valence-corrected chi connectivity index (χ0v) is 9.55. The maximum Gasteiger partial charge on any atom is 0.254 e. The molecule has 1 aromatic carbocycles. The zero-order valence-electron chi connectivity index (χ0n) is 9.55. The van der Waals surface area contributed by atoms with Gasteiger partial charge in [-0.15, -0.1) is 0 Å². The molecule has 98 valence electrons. The van der Waals surface area contributed by atoms with Crippen LogP contribution in [0.2, 0.25) is 0 Å². The molecule has 0 aromatic heterocycles. The Bertz CT molecular complexity index is 473. The molecule has 3 nitrogen and oxygen atoms in total. The molecule has 6 heteroatoms. The van der Waals surface area contributed by atoms with Gasteiger partial charge in [0.1, 0.15) is 0 Å². The number of amides is 1. The van der Waals surface area contributed by atoms with Crippen LogP contribution in [-0.4, -0.2) is 18.5 Å². The molecule has 0 atom stereocenters. The first-order valence-corrected chi connectivity index (χ1v) is 5.66. The largest absolute Gasteiger partial charge is 0.352 e. The topological polar surface area (TPSA) is 55.1 Å². The summed E-state index contributed by atoms with van der Waals surface area (Å²) in [6, 6.07) is 1.81. The van der Waals surface area contributed by atoms with Gasteiger partial charge in [0.25, 0.3) is 5.91 Å². The number of nitrogens with two attached hydrogens (primary N) is 1. The molecule has 1 saturated carbocycles. The highest BCUT2D eigenvalue weighted by Gasteiger charge is 2.26. The lowest BCUT2D eigenvalue weighted by atomic mass is 9.81. The van der Waals surface area contributed by atoms with Crippen LogP contribution >= 0.6 is 0 Å². The Kier molecular flexibility index (Phi) is 3.56. The van der Waals surface area contributed by atoms with Crippen LogP contribution in [0.1, 0.15) is 23.2 Å². The molecule has 1 amide bonds. The second-order valence-corrected chi connectivity index (χ2v) is 4.53. The molecule has 1 aliphatic rings. The average molecular weight is 258 g/mol. The number of nitrogens with one attached hydrogen (secondary N) is 1. The number of carbonyl (C=O) groups excluding carboxylic acids is 1. The van der Waals surface area contributed by atoms with Crippen LogP contribution in [0, 0.1) is 23.4 Å². The van der Waals surface area contributed by atoms with Gasteiger partial charge in [-0.05, 0) is 30.9 Å². The van der Waals surface area contributed by atoms with Crippen molar-refractivity contribution < 1.29 is 18.0 Å². The number of hydrogen-bond donors (Lipinski definition) is 2. The van der Waals surface area contributed by atoms with E-state index in [4.69, 9.17) is 5.73 Å². The lowest BCUT2D eigenvalue weighted by Gasteiger charge is -2.32. The zero-order chi connectivity index (χ0) is 13.3. The first kappa shape index (κ1) is 12.9. The van der Waals surface area contributed by atoms with E-state index in [0.29, 0.717) is 6.54 Å². The molecule has 18 heavy (non-hydrogen) atoms. The number of halogens is 3. The van der Waals surface area contributed by atoms with Crippen LogP contribution in [-0.2, 0) is 0 Å². The Hall–Kier alpha value is -1.56. The van der Waals surface area contributed by atoms with Crippen molar-refractivity contribution in [2.75, 3.05) is 6.54 Å². The van der Waals surface area contributed by atoms with E-state index in [1.165, 1.54) is 0 Å². The molecule has 0 bridgehead atoms. The molecular formula is C12H13F3N2O. The van der Waals surface area contributed by atoms with E-state index in [1.807, 2.05) is 0 Å². The van der Waals surface area contributed by atoms with Gasteiger partial charge < -0.3 is 11.1 Å². The second kappa shape index (κ2) is 4.97. The fourth-order valence-corrected chi connectivity index (χ4v) is 1.99. The first-order chi connectivity index (χ1) is 8.49. The number of carbonyl (C=O) groups is 1. The summed E-state index contributed by atoms with van der Waals surface area (Å²) in [4.78, 5) is 11.6. The number of rotatable bonds is 3. The standard InChI is InChI=1S/C12H13F3N2O/c13-9-2-1-8(10(14)11(9)15)12(18)17-5-6-3-7(16)4-6/h1-2,6-7H,3-5,16H2,(H,17,18). The fraction of sp³-hybridized carbons (Fsp3) is 0.417. The maximum atomic E-state index is 13.3. The lowest BCUT2D eigenvalue weighted by molar-refractivity contribution is 0.0930. The highest BCUT2D eigenvalue weighted by molar-refractivity contribution is 5.94. The van der Waals surface area contributed by atoms with Gasteiger partial charge in [-0.2, -0.15) is 0 Å². The van der Waals surface area contributed by atoms with Gasteiger partial charge in [0.2, 0.25) is 0 Å². The van der Waals surface area contributed by atoms with Crippen molar-refractivity contribution in [1.29, 1.82) is 0 Å². The quantitative estimate of drug-likeness (QED) is 0.809. The highest BCUT2D eigenvalue weighted by atomic mass is 19.2. The molecular weight excluding hydrogens is 245 g/mol. The minimum atomic E-state index is -1.63. The van der Waals surface area contributed by atoms with Crippen molar-refractivity contribution in [3.8, 4) is 0 Å². The molecule has 0 heterocycles. The van der Waals surface area contributed by atoms with E-state index < -0.39 is 28.9 Å². The van der Waals surface area contributed by atoms with Crippen LogP contribution in [0.25, 0.3) is 0 Å². The summed E-state index contributed by atoms with van der Waals surface area (Å²) >= 11 is 0. The second-order valence-electron chi connectivity index (χ2n) is 4.53. The van der Waals surface area contributed by atoms with Crippen molar-refractivity contribution in [1.82, 2.24) is 5.32 Å². The third-order valence-electron chi connectivity index (χ3n) is 3.10. The van der Waals surface area contributed by atoms with E-state index in [-0.39, 0.29) is 12.0 Å². The number of benzene rings is 1. The molecule has 1 aromatic rings. The van der Waals surface area contributed by atoms with Gasteiger partial charge in [0.15, 0.2) is 17.5 Å². The lowest BCUT2D eigenvalue weighted by Crippen LogP contribution is -2.42. The Morgan fingerprint density at radius 3 is 2.56 bits per heavy atom. The van der Waals surface area contributed by atoms with E-state index in [2.05, 4.69) is 5.32 Å². The Balaban J connectivity index is 1.98. The molecule has 0 radical (unpaired) electrons. The summed E-state index contributed by atoms with van der Waals surface area (Å²) in [5, 5.41) is 2.49. The van der Waals surface area contributed by atoms with Crippen molar-refractivity contribution in [3.63, 3.8) is 0 Å². The third-order valence-corrected chi connectivity index (χ3v) is 3.10. The molecule has 0 saturated heterocycles. The van der Waals surface area contributed by atoms with Crippen LogP contribution in [0.3, 0.4) is 0 Å². The normalized spacial score (nSPS) is 22.4. The summed E-state index contributed by atoms with van der Waals surface area (Å²) in [5.41, 5.74) is 5.09. The van der Waals surface area contributed by atoms with E-state index in [0.717, 1.165) is 25.0 Å². The molecule has 1 aliphatic carbocycles. The van der Waals surface area contributed by atoms with E-state index in [9.17, 15) is 18.0 Å². The fourth-order valence-electron chi connectivity index (χ4n) is 1.99. The summed E-state index contributed by atoms with van der Waals surface area (Å²) < 4.78 is 38.9. The van der Waals surface area contributed by atoms with Crippen molar-refractivity contribution >= 4 is 5.91 Å². The van der Waals surface area contributed by atoms with Crippen molar-refractivity contribution in [3.05, 3.63) is 35.1 Å². The third kappa shape index (κ3) is 2.48. The van der Waals surface area contributed by atoms with Gasteiger partial charge in [-0.3, -0.25) is 4.79 Å². The summed E-state index contributed by atoms with van der Waals surface area (Å²) in [5.74, 6) is -4.87. The van der Waals surface area contributed by atoms with E-state index >= 15 is 0 Å². The van der Waals surface area contributed by atoms with E-state index in [1.54, 1.807) is 0 Å². The molecule has 1 fully saturated rings. The Morgan fingerprint density at radius 2 is 1.94 bits per heavy atom. The predicted molar refractivity (Wildman–Crippen MR) is 59.3 cm³/mol. The minimum absolute atomic E-state index is 0.159. The Labute approximate surface area is 102 Å². The maximum absolute atomic E-state index is 13.3. The predicted octanol–water partition coefficient (Wildman–Crippen LogP) is 1.57. The molecule has 3 N–H and O–H groups in total. The van der Waals surface area contributed by atoms with Crippen LogP contribution in [0.15, 0.2) is 12.1 Å². The van der Waals surface area contributed by atoms with Crippen molar-refractivity contribution in [2.24, 2.45) is 11.7 Å². The molecule has 0 spiro atoms. The number of hydrogen-bond acceptors (Lipinski definition) is 2. The van der Waals surface area contributed by atoms with Crippen molar-refractivity contribution in [2.45, 2.75) is 18.9 Å². The molecule has 0 aliphatic heterocycles. The molecule has 2 rings (SSSR count). The highest BCUT2D eigenvalue weighted by Crippen LogP contribution is 2.24. The van der Waals surface area contributed by atoms with Crippen LogP contribution < -0.4 is 11.1 Å². The van der Waals surface area contributed by atoms with Gasteiger partial charge in [-0.25, -0.2) is 13.2 Å². The smallest absolute Gasteiger partial charge is 0.254 e. The SMILES string of the molecule is NC1CC(CNC(=O)c2ccc(F)c(F)c2F)C1. The summed E-state index contributed by atoms with van der Waals surface area (Å²) in [7, 11) is 0. The van der Waals surface area contributed by atoms with Gasteiger partial charge in [-0.1, -0.05) is 0 Å². The Morgan fingerprint density at radius 1 is 1.28 bits per heavy atom. The van der Waals surface area contributed by atoms with Crippen LogP contribution in [0.5, 0.6) is 0 Å².